The second-order valence-corrected chi connectivity index (χ2v) is 12.2. The summed E-state index contributed by atoms with van der Waals surface area (Å²) < 4.78 is 0. The molecule has 3 aliphatic rings. The number of urea groups is 1. The molecule has 0 aliphatic carbocycles. The number of halogens is 3. The van der Waals surface area contributed by atoms with E-state index in [-0.39, 0.29) is 6.03 Å². The fourth-order valence-corrected chi connectivity index (χ4v) is 7.44. The van der Waals surface area contributed by atoms with E-state index in [2.05, 4.69) is 41.1 Å². The molecule has 3 aromatic carbocycles. The van der Waals surface area contributed by atoms with Crippen molar-refractivity contribution in [3.8, 4) is 11.1 Å². The van der Waals surface area contributed by atoms with Gasteiger partial charge in [0.25, 0.3) is 0 Å². The van der Waals surface area contributed by atoms with E-state index in [0.29, 0.717) is 45.4 Å². The second-order valence-electron chi connectivity index (χ2n) is 11.0. The predicted molar refractivity (Wildman–Crippen MR) is 157 cm³/mol. The van der Waals surface area contributed by atoms with Crippen LogP contribution in [0.25, 0.3) is 11.1 Å². The number of carbonyl (C=O) groups excluding carboxylic acids is 1. The normalized spacial score (nSPS) is 21.3. The van der Waals surface area contributed by atoms with Crippen molar-refractivity contribution < 1.29 is 4.79 Å². The number of amides is 2. The van der Waals surface area contributed by atoms with Crippen LogP contribution in [0.3, 0.4) is 0 Å². The quantitative estimate of drug-likeness (QED) is 0.343. The highest BCUT2D eigenvalue weighted by atomic mass is 35.5. The topological polar surface area (TPSA) is 38.8 Å². The minimum absolute atomic E-state index is 0.250. The van der Waals surface area contributed by atoms with Gasteiger partial charge in [0.2, 0.25) is 0 Å². The second kappa shape index (κ2) is 10.0. The Balaban J connectivity index is 1.47. The van der Waals surface area contributed by atoms with Crippen LogP contribution in [0.2, 0.25) is 15.1 Å². The number of nitrogens with zero attached hydrogens (tertiary/aromatic N) is 3. The highest BCUT2D eigenvalue weighted by Gasteiger charge is 2.44. The van der Waals surface area contributed by atoms with Crippen LogP contribution in [0, 0.1) is 6.92 Å². The number of nitrogens with one attached hydrogen (secondary N) is 1. The number of anilines is 2. The lowest BCUT2D eigenvalue weighted by Gasteiger charge is -2.37. The molecule has 0 radical (unpaired) electrons. The molecule has 0 saturated carbocycles. The minimum Gasteiger partial charge on any atom is -0.333 e. The molecule has 3 heterocycles. The number of likely N-dealkylation sites (tertiary alicyclic amines) is 2. The van der Waals surface area contributed by atoms with Gasteiger partial charge in [-0.3, -0.25) is 14.7 Å². The van der Waals surface area contributed by atoms with Crippen molar-refractivity contribution in [3.05, 3.63) is 80.3 Å². The van der Waals surface area contributed by atoms with Crippen molar-refractivity contribution in [2.45, 2.75) is 58.4 Å². The number of carbonyl (C=O) groups is 1. The first-order valence-corrected chi connectivity index (χ1v) is 14.3. The number of aryl methyl sites for hydroxylation is 1. The Labute approximate surface area is 239 Å². The summed E-state index contributed by atoms with van der Waals surface area (Å²) in [6.45, 7) is 9.86. The van der Waals surface area contributed by atoms with Gasteiger partial charge in [0.05, 0.1) is 21.4 Å². The van der Waals surface area contributed by atoms with Gasteiger partial charge in [0.1, 0.15) is 0 Å². The lowest BCUT2D eigenvalue weighted by Crippen LogP contribution is -2.48. The lowest BCUT2D eigenvalue weighted by atomic mass is 9.93. The summed E-state index contributed by atoms with van der Waals surface area (Å²) in [6, 6.07) is 17.4. The molecule has 38 heavy (non-hydrogen) atoms. The van der Waals surface area contributed by atoms with Crippen LogP contribution < -0.4 is 10.2 Å². The van der Waals surface area contributed by atoms with E-state index in [9.17, 15) is 4.79 Å². The van der Waals surface area contributed by atoms with Gasteiger partial charge in [-0.15, -0.1) is 0 Å². The zero-order valence-electron chi connectivity index (χ0n) is 21.8. The molecule has 1 N–H and O–H groups in total. The maximum atomic E-state index is 13.4. The molecular formula is C30H31Cl3N4O. The molecule has 6 rings (SSSR count). The van der Waals surface area contributed by atoms with Crippen LogP contribution in [-0.2, 0) is 13.1 Å². The van der Waals surface area contributed by atoms with E-state index in [1.165, 1.54) is 6.42 Å². The monoisotopic (exact) mass is 568 g/mol. The zero-order valence-corrected chi connectivity index (χ0v) is 24.0. The summed E-state index contributed by atoms with van der Waals surface area (Å²) in [5.41, 5.74) is 6.31. The highest BCUT2D eigenvalue weighted by Crippen LogP contribution is 2.45. The molecule has 8 heteroatoms. The van der Waals surface area contributed by atoms with Gasteiger partial charge in [-0.1, -0.05) is 53.0 Å². The van der Waals surface area contributed by atoms with Crippen LogP contribution in [0.4, 0.5) is 16.2 Å². The number of piperazine rings is 1. The third kappa shape index (κ3) is 4.48. The van der Waals surface area contributed by atoms with Crippen LogP contribution in [0.5, 0.6) is 0 Å². The molecule has 2 unspecified atom stereocenters. The Morgan fingerprint density at radius 3 is 2.34 bits per heavy atom. The predicted octanol–water partition coefficient (Wildman–Crippen LogP) is 7.65. The van der Waals surface area contributed by atoms with E-state index in [4.69, 9.17) is 34.8 Å². The standard InChI is InChI=1S/C30H31Cl3N4O/c1-17(2)36-16-20-12-21(36)15-35(20)14-19-10-23(22-6-4-5-7-25(22)31)24-13-34-30(38)37(28(24)11-19)29-26(32)8-18(3)9-27(29)33/h4-11,17,20-21H,12-16H2,1-3H3,(H,34,38). The zero-order chi connectivity index (χ0) is 26.7. The smallest absolute Gasteiger partial charge is 0.326 e. The van der Waals surface area contributed by atoms with Crippen molar-refractivity contribution >= 4 is 52.2 Å². The van der Waals surface area contributed by atoms with Crippen molar-refractivity contribution in [2.24, 2.45) is 0 Å². The molecule has 0 aromatic heterocycles. The first kappa shape index (κ1) is 26.0. The third-order valence-corrected chi connectivity index (χ3v) is 9.05. The molecule has 3 aliphatic heterocycles. The molecule has 3 aromatic rings. The van der Waals surface area contributed by atoms with Crippen molar-refractivity contribution in [3.63, 3.8) is 0 Å². The summed E-state index contributed by atoms with van der Waals surface area (Å²) in [6.07, 6.45) is 1.21. The Hall–Kier alpha value is -2.28. The Bertz CT molecular complexity index is 1400. The first-order valence-electron chi connectivity index (χ1n) is 13.2. The Kier molecular flexibility index (Phi) is 6.86. The molecule has 2 bridgehead atoms. The van der Waals surface area contributed by atoms with Gasteiger partial charge in [-0.2, -0.15) is 0 Å². The molecule has 5 nitrogen and oxygen atoms in total. The number of benzene rings is 3. The van der Waals surface area contributed by atoms with Crippen LogP contribution in [0.15, 0.2) is 48.5 Å². The molecule has 2 fully saturated rings. The van der Waals surface area contributed by atoms with E-state index in [0.717, 1.165) is 53.1 Å². The number of hydrogen-bond donors (Lipinski definition) is 1. The minimum atomic E-state index is -0.250. The SMILES string of the molecule is Cc1cc(Cl)c(N2C(=O)NCc3c(-c4ccccc4Cl)cc(CN4CC5CC4CN5C(C)C)cc32)c(Cl)c1. The fourth-order valence-electron chi connectivity index (χ4n) is 6.43. The van der Waals surface area contributed by atoms with Crippen molar-refractivity contribution in [2.75, 3.05) is 18.0 Å². The molecule has 2 amide bonds. The molecule has 2 atom stereocenters. The van der Waals surface area contributed by atoms with Crippen molar-refractivity contribution in [1.29, 1.82) is 0 Å². The number of rotatable bonds is 5. The number of hydrogen-bond acceptors (Lipinski definition) is 3. The van der Waals surface area contributed by atoms with Gasteiger partial charge in [0, 0.05) is 60.5 Å². The van der Waals surface area contributed by atoms with Crippen LogP contribution >= 0.6 is 34.8 Å². The first-order chi connectivity index (χ1) is 18.2. The van der Waals surface area contributed by atoms with Gasteiger partial charge in [-0.05, 0) is 74.2 Å². The summed E-state index contributed by atoms with van der Waals surface area (Å²) in [5.74, 6) is 0. The highest BCUT2D eigenvalue weighted by molar-refractivity contribution is 6.40. The molecular weight excluding hydrogens is 539 g/mol. The van der Waals surface area contributed by atoms with E-state index >= 15 is 0 Å². The van der Waals surface area contributed by atoms with Gasteiger partial charge < -0.3 is 5.32 Å². The third-order valence-electron chi connectivity index (χ3n) is 8.14. The molecule has 2 saturated heterocycles. The summed E-state index contributed by atoms with van der Waals surface area (Å²) in [4.78, 5) is 20.2. The van der Waals surface area contributed by atoms with Crippen LogP contribution in [0.1, 0.15) is 37.0 Å². The largest absolute Gasteiger partial charge is 0.333 e. The van der Waals surface area contributed by atoms with Crippen molar-refractivity contribution in [1.82, 2.24) is 15.1 Å². The summed E-state index contributed by atoms with van der Waals surface area (Å²) in [5, 5.41) is 4.58. The molecule has 198 valence electrons. The van der Waals surface area contributed by atoms with E-state index < -0.39 is 0 Å². The maximum Gasteiger partial charge on any atom is 0.326 e. The summed E-state index contributed by atoms with van der Waals surface area (Å²) >= 11 is 20.1. The fraction of sp³-hybridized carbons (Fsp3) is 0.367. The Morgan fingerprint density at radius 2 is 1.68 bits per heavy atom. The summed E-state index contributed by atoms with van der Waals surface area (Å²) in [7, 11) is 0. The van der Waals surface area contributed by atoms with E-state index in [1.807, 2.05) is 43.3 Å². The maximum absolute atomic E-state index is 13.4. The molecule has 0 spiro atoms. The average molecular weight is 570 g/mol. The van der Waals surface area contributed by atoms with Gasteiger partial charge in [0.15, 0.2) is 0 Å². The van der Waals surface area contributed by atoms with Gasteiger partial charge >= 0.3 is 6.03 Å². The lowest BCUT2D eigenvalue weighted by molar-refractivity contribution is 0.0999. The Morgan fingerprint density at radius 1 is 0.947 bits per heavy atom. The number of fused-ring (bicyclic) bond motifs is 3. The average Bonchev–Trinajstić information content (AvgIpc) is 3.46. The van der Waals surface area contributed by atoms with E-state index in [1.54, 1.807) is 4.90 Å². The van der Waals surface area contributed by atoms with Gasteiger partial charge in [-0.25, -0.2) is 4.79 Å². The van der Waals surface area contributed by atoms with Crippen LogP contribution in [-0.4, -0.2) is 47.0 Å².